The molecule has 102 valence electrons. The third kappa shape index (κ3) is 2.17. The molecule has 1 heterocycles. The summed E-state index contributed by atoms with van der Waals surface area (Å²) >= 11 is 0. The van der Waals surface area contributed by atoms with Crippen LogP contribution in [0.3, 0.4) is 0 Å². The number of furan rings is 1. The summed E-state index contributed by atoms with van der Waals surface area (Å²) in [5.41, 5.74) is 3.75. The third-order valence-corrected chi connectivity index (χ3v) is 3.44. The Kier molecular flexibility index (Phi) is 3.20. The molecule has 20 heavy (non-hydrogen) atoms. The van der Waals surface area contributed by atoms with Gasteiger partial charge in [-0.15, -0.1) is 0 Å². The first-order valence-corrected chi connectivity index (χ1v) is 6.59. The summed E-state index contributed by atoms with van der Waals surface area (Å²) < 4.78 is 5.93. The molecule has 3 rings (SSSR count). The number of rotatable bonds is 3. The Morgan fingerprint density at radius 2 is 1.85 bits per heavy atom. The van der Waals surface area contributed by atoms with Gasteiger partial charge < -0.3 is 14.4 Å². The molecule has 0 bridgehead atoms. The van der Waals surface area contributed by atoms with Gasteiger partial charge in [0.05, 0.1) is 6.61 Å². The highest BCUT2D eigenvalue weighted by atomic mass is 16.3. The number of fused-ring (bicyclic) bond motifs is 1. The second kappa shape index (κ2) is 5.02. The maximum atomic E-state index is 9.37. The van der Waals surface area contributed by atoms with E-state index in [4.69, 9.17) is 4.42 Å². The lowest BCUT2D eigenvalue weighted by molar-refractivity contribution is 0.282. The van der Waals surface area contributed by atoms with Crippen molar-refractivity contribution in [1.29, 1.82) is 0 Å². The first-order chi connectivity index (χ1) is 9.69. The van der Waals surface area contributed by atoms with Crippen LogP contribution in [-0.4, -0.2) is 19.2 Å². The first kappa shape index (κ1) is 12.8. The van der Waals surface area contributed by atoms with Crippen molar-refractivity contribution in [2.24, 2.45) is 0 Å². The molecular weight excluding hydrogens is 250 g/mol. The third-order valence-electron chi connectivity index (χ3n) is 3.44. The molecule has 3 heteroatoms. The van der Waals surface area contributed by atoms with Crippen molar-refractivity contribution < 1.29 is 9.52 Å². The van der Waals surface area contributed by atoms with Gasteiger partial charge in [-0.05, 0) is 18.2 Å². The summed E-state index contributed by atoms with van der Waals surface area (Å²) in [7, 11) is 4.03. The van der Waals surface area contributed by atoms with Crippen LogP contribution in [0.2, 0.25) is 0 Å². The molecule has 0 saturated heterocycles. The van der Waals surface area contributed by atoms with Crippen LogP contribution in [0, 0.1) is 0 Å². The summed E-state index contributed by atoms with van der Waals surface area (Å²) in [6, 6.07) is 16.0. The van der Waals surface area contributed by atoms with E-state index < -0.39 is 0 Å². The molecule has 0 aliphatic carbocycles. The molecule has 0 atom stereocenters. The predicted octanol–water partition coefficient (Wildman–Crippen LogP) is 3.66. The molecule has 0 radical (unpaired) electrons. The Labute approximate surface area is 118 Å². The van der Waals surface area contributed by atoms with Gasteiger partial charge in [0.1, 0.15) is 11.3 Å². The van der Waals surface area contributed by atoms with Gasteiger partial charge in [0.25, 0.3) is 0 Å². The Balaban J connectivity index is 2.13. The highest BCUT2D eigenvalue weighted by Gasteiger charge is 2.10. The lowest BCUT2D eigenvalue weighted by atomic mass is 10.1. The minimum absolute atomic E-state index is 0.0119. The summed E-state index contributed by atoms with van der Waals surface area (Å²) in [6.07, 6.45) is 0. The van der Waals surface area contributed by atoms with Crippen LogP contribution < -0.4 is 4.90 Å². The number of aliphatic hydroxyl groups is 1. The molecule has 3 aromatic rings. The number of nitrogens with zero attached hydrogens (tertiary/aromatic N) is 1. The minimum atomic E-state index is -0.0119. The van der Waals surface area contributed by atoms with Crippen molar-refractivity contribution in [2.45, 2.75) is 6.61 Å². The molecule has 1 aromatic heterocycles. The van der Waals surface area contributed by atoms with Gasteiger partial charge in [-0.1, -0.05) is 30.3 Å². The fourth-order valence-electron chi connectivity index (χ4n) is 2.33. The highest BCUT2D eigenvalue weighted by molar-refractivity contribution is 5.85. The summed E-state index contributed by atoms with van der Waals surface area (Å²) in [6.45, 7) is -0.0119. The lowest BCUT2D eigenvalue weighted by Crippen LogP contribution is -2.08. The predicted molar refractivity (Wildman–Crippen MR) is 81.9 cm³/mol. The van der Waals surface area contributed by atoms with Gasteiger partial charge in [0.15, 0.2) is 0 Å². The molecule has 0 aliphatic heterocycles. The fourth-order valence-corrected chi connectivity index (χ4v) is 2.33. The van der Waals surface area contributed by atoms with Gasteiger partial charge in [-0.2, -0.15) is 0 Å². The Morgan fingerprint density at radius 1 is 1.05 bits per heavy atom. The normalized spacial score (nSPS) is 10.9. The zero-order valence-corrected chi connectivity index (χ0v) is 11.6. The van der Waals surface area contributed by atoms with Crippen LogP contribution in [0.5, 0.6) is 0 Å². The quantitative estimate of drug-likeness (QED) is 0.786. The van der Waals surface area contributed by atoms with E-state index in [9.17, 15) is 5.11 Å². The molecule has 2 aromatic carbocycles. The first-order valence-electron chi connectivity index (χ1n) is 6.59. The Hall–Kier alpha value is -2.26. The molecule has 0 fully saturated rings. The van der Waals surface area contributed by atoms with E-state index in [-0.39, 0.29) is 6.61 Å². The number of anilines is 1. The zero-order chi connectivity index (χ0) is 14.1. The van der Waals surface area contributed by atoms with E-state index in [1.165, 1.54) is 0 Å². The number of para-hydroxylation sites is 1. The van der Waals surface area contributed by atoms with Gasteiger partial charge in [-0.3, -0.25) is 0 Å². The molecule has 0 aliphatic rings. The lowest BCUT2D eigenvalue weighted by Gasteiger charge is -2.12. The number of hydrogen-bond acceptors (Lipinski definition) is 3. The second-order valence-electron chi connectivity index (χ2n) is 5.05. The van der Waals surface area contributed by atoms with Crippen molar-refractivity contribution in [3.63, 3.8) is 0 Å². The van der Waals surface area contributed by atoms with E-state index in [0.29, 0.717) is 0 Å². The van der Waals surface area contributed by atoms with Crippen LogP contribution in [0.4, 0.5) is 5.69 Å². The fraction of sp³-hybridized carbons (Fsp3) is 0.176. The maximum Gasteiger partial charge on any atom is 0.140 e. The Bertz CT molecular complexity index is 744. The van der Waals surface area contributed by atoms with Gasteiger partial charge >= 0.3 is 0 Å². The van der Waals surface area contributed by atoms with E-state index in [2.05, 4.69) is 17.0 Å². The zero-order valence-electron chi connectivity index (χ0n) is 11.6. The molecular formula is C17H17NO2. The number of benzene rings is 2. The van der Waals surface area contributed by atoms with Gasteiger partial charge in [0, 0.05) is 36.3 Å². The van der Waals surface area contributed by atoms with Crippen molar-refractivity contribution in [3.8, 4) is 11.3 Å². The molecule has 0 amide bonds. The smallest absolute Gasteiger partial charge is 0.140 e. The monoisotopic (exact) mass is 267 g/mol. The summed E-state index contributed by atoms with van der Waals surface area (Å²) in [5.74, 6) is 0.824. The van der Waals surface area contributed by atoms with Crippen molar-refractivity contribution in [1.82, 2.24) is 0 Å². The molecule has 0 spiro atoms. The van der Waals surface area contributed by atoms with E-state index in [0.717, 1.165) is 33.5 Å². The van der Waals surface area contributed by atoms with Crippen molar-refractivity contribution in [3.05, 3.63) is 54.1 Å². The summed E-state index contributed by atoms with van der Waals surface area (Å²) in [5, 5.41) is 10.4. The molecule has 0 saturated carbocycles. The largest absolute Gasteiger partial charge is 0.456 e. The Morgan fingerprint density at radius 3 is 2.60 bits per heavy atom. The minimum Gasteiger partial charge on any atom is -0.456 e. The van der Waals surface area contributed by atoms with Crippen molar-refractivity contribution in [2.75, 3.05) is 19.0 Å². The molecule has 0 unspecified atom stereocenters. The van der Waals surface area contributed by atoms with Crippen LogP contribution in [0.25, 0.3) is 22.3 Å². The van der Waals surface area contributed by atoms with Crippen LogP contribution >= 0.6 is 0 Å². The maximum absolute atomic E-state index is 9.37. The van der Waals surface area contributed by atoms with E-state index >= 15 is 0 Å². The number of aliphatic hydroxyl groups excluding tert-OH is 1. The SMILES string of the molecule is CN(C)c1cccc(-c2cc3cccc(CO)c3o2)c1. The molecule has 3 nitrogen and oxygen atoms in total. The van der Waals surface area contributed by atoms with E-state index in [1.54, 1.807) is 0 Å². The van der Waals surface area contributed by atoms with Crippen LogP contribution in [0.1, 0.15) is 5.56 Å². The summed E-state index contributed by atoms with van der Waals surface area (Å²) in [4.78, 5) is 2.06. The van der Waals surface area contributed by atoms with Crippen LogP contribution in [-0.2, 0) is 6.61 Å². The average molecular weight is 267 g/mol. The topological polar surface area (TPSA) is 36.6 Å². The standard InChI is InChI=1S/C17H17NO2/c1-18(2)15-8-4-5-12(9-15)16-10-13-6-3-7-14(11-19)17(13)20-16/h3-10,19H,11H2,1-2H3. The highest BCUT2D eigenvalue weighted by Crippen LogP contribution is 2.31. The van der Waals surface area contributed by atoms with Gasteiger partial charge in [-0.25, -0.2) is 0 Å². The van der Waals surface area contributed by atoms with Crippen molar-refractivity contribution >= 4 is 16.7 Å². The van der Waals surface area contributed by atoms with Crippen LogP contribution in [0.15, 0.2) is 52.9 Å². The van der Waals surface area contributed by atoms with Gasteiger partial charge in [0.2, 0.25) is 0 Å². The number of hydrogen-bond donors (Lipinski definition) is 1. The second-order valence-corrected chi connectivity index (χ2v) is 5.05. The van der Waals surface area contributed by atoms with E-state index in [1.807, 2.05) is 50.5 Å². The molecule has 1 N–H and O–H groups in total. The average Bonchev–Trinajstić information content (AvgIpc) is 2.91.